The van der Waals surface area contributed by atoms with Gasteiger partial charge in [-0.2, -0.15) is 0 Å². The van der Waals surface area contributed by atoms with Crippen molar-refractivity contribution in [3.8, 4) is 5.75 Å². The van der Waals surface area contributed by atoms with Gasteiger partial charge in [0.15, 0.2) is 0 Å². The lowest BCUT2D eigenvalue weighted by atomic mass is 10.1. The fourth-order valence-corrected chi connectivity index (χ4v) is 3.77. The van der Waals surface area contributed by atoms with Crippen LogP contribution in [0, 0.1) is 6.92 Å². The number of rotatable bonds is 6. The fraction of sp³-hybridized carbons (Fsp3) is 0.143. The Morgan fingerprint density at radius 3 is 2.65 bits per heavy atom. The van der Waals surface area contributed by atoms with E-state index in [4.69, 9.17) is 17.0 Å². The van der Waals surface area contributed by atoms with E-state index in [0.29, 0.717) is 22.4 Å². The summed E-state index contributed by atoms with van der Waals surface area (Å²) in [6.45, 7) is 6.63. The number of nitrogens with zero attached hydrogens (tertiary/aromatic N) is 1. The highest BCUT2D eigenvalue weighted by Gasteiger charge is 2.31. The van der Waals surface area contributed by atoms with Crippen LogP contribution in [-0.2, 0) is 11.4 Å². The number of ether oxygens (including phenoxy) is 1. The Kier molecular flexibility index (Phi) is 5.91. The Balaban J connectivity index is 1.79. The molecule has 1 aliphatic heterocycles. The highest BCUT2D eigenvalue weighted by molar-refractivity contribution is 8.26. The molecule has 26 heavy (non-hydrogen) atoms. The molecule has 0 bridgehead atoms. The number of para-hydroxylation sites is 1. The number of hydrogen-bond acceptors (Lipinski definition) is 4. The summed E-state index contributed by atoms with van der Waals surface area (Å²) in [5.41, 5.74) is 3.18. The van der Waals surface area contributed by atoms with Gasteiger partial charge in [-0.3, -0.25) is 9.69 Å². The maximum absolute atomic E-state index is 12.5. The molecule has 1 aliphatic rings. The molecule has 1 amide bonds. The number of thiocarbonyl (C=S) groups is 1. The van der Waals surface area contributed by atoms with Crippen molar-refractivity contribution >= 4 is 40.3 Å². The van der Waals surface area contributed by atoms with E-state index in [-0.39, 0.29) is 5.91 Å². The summed E-state index contributed by atoms with van der Waals surface area (Å²) in [5.74, 6) is 0.648. The molecule has 0 aromatic heterocycles. The first-order chi connectivity index (χ1) is 12.6. The Morgan fingerprint density at radius 2 is 1.92 bits per heavy atom. The van der Waals surface area contributed by atoms with Crippen molar-refractivity contribution in [3.63, 3.8) is 0 Å². The van der Waals surface area contributed by atoms with Gasteiger partial charge in [0.25, 0.3) is 5.91 Å². The molecule has 132 valence electrons. The molecule has 0 saturated carbocycles. The van der Waals surface area contributed by atoms with Crippen molar-refractivity contribution in [2.24, 2.45) is 0 Å². The summed E-state index contributed by atoms with van der Waals surface area (Å²) in [6.07, 6.45) is 3.51. The number of aryl methyl sites for hydroxylation is 1. The zero-order valence-corrected chi connectivity index (χ0v) is 16.1. The van der Waals surface area contributed by atoms with Gasteiger partial charge in [-0.05, 0) is 24.6 Å². The van der Waals surface area contributed by atoms with Gasteiger partial charge in [0.2, 0.25) is 0 Å². The molecule has 0 spiro atoms. The van der Waals surface area contributed by atoms with Gasteiger partial charge in [0.05, 0.1) is 4.91 Å². The lowest BCUT2D eigenvalue weighted by Gasteiger charge is -2.11. The van der Waals surface area contributed by atoms with Crippen LogP contribution in [0.25, 0.3) is 6.08 Å². The van der Waals surface area contributed by atoms with Crippen molar-refractivity contribution in [1.82, 2.24) is 4.90 Å². The van der Waals surface area contributed by atoms with Crippen molar-refractivity contribution in [2.75, 3.05) is 6.54 Å². The van der Waals surface area contributed by atoms with Gasteiger partial charge in [-0.15, -0.1) is 6.58 Å². The molecule has 2 aromatic carbocycles. The average molecular weight is 382 g/mol. The first-order valence-electron chi connectivity index (χ1n) is 8.22. The summed E-state index contributed by atoms with van der Waals surface area (Å²) in [5, 5.41) is 0. The van der Waals surface area contributed by atoms with Gasteiger partial charge in [-0.25, -0.2) is 0 Å². The Labute approximate surface area is 163 Å². The quantitative estimate of drug-likeness (QED) is 0.402. The second-order valence-electron chi connectivity index (χ2n) is 5.89. The molecule has 0 aliphatic carbocycles. The molecule has 0 unspecified atom stereocenters. The van der Waals surface area contributed by atoms with Gasteiger partial charge in [0, 0.05) is 12.1 Å². The second kappa shape index (κ2) is 8.34. The van der Waals surface area contributed by atoms with Crippen LogP contribution in [0.1, 0.15) is 16.7 Å². The molecule has 1 saturated heterocycles. The summed E-state index contributed by atoms with van der Waals surface area (Å²) >= 11 is 6.59. The molecule has 0 N–H and O–H groups in total. The topological polar surface area (TPSA) is 29.5 Å². The van der Waals surface area contributed by atoms with Gasteiger partial charge < -0.3 is 4.74 Å². The zero-order chi connectivity index (χ0) is 18.5. The van der Waals surface area contributed by atoms with Crippen LogP contribution >= 0.6 is 24.0 Å². The van der Waals surface area contributed by atoms with E-state index in [1.807, 2.05) is 30.3 Å². The number of hydrogen-bond donors (Lipinski definition) is 0. The molecule has 0 radical (unpaired) electrons. The Bertz CT molecular complexity index is 872. The van der Waals surface area contributed by atoms with E-state index in [1.54, 1.807) is 11.0 Å². The normalized spacial score (nSPS) is 15.6. The van der Waals surface area contributed by atoms with Crippen LogP contribution < -0.4 is 4.74 Å². The van der Waals surface area contributed by atoms with Crippen molar-refractivity contribution in [3.05, 3.63) is 82.8 Å². The molecule has 3 rings (SSSR count). The molecule has 2 aromatic rings. The highest BCUT2D eigenvalue weighted by atomic mass is 32.2. The van der Waals surface area contributed by atoms with E-state index in [1.165, 1.54) is 17.3 Å². The van der Waals surface area contributed by atoms with Crippen molar-refractivity contribution < 1.29 is 9.53 Å². The summed E-state index contributed by atoms with van der Waals surface area (Å²) in [4.78, 5) is 14.6. The first kappa shape index (κ1) is 18.4. The van der Waals surface area contributed by atoms with E-state index in [2.05, 4.69) is 37.8 Å². The second-order valence-corrected chi connectivity index (χ2v) is 7.57. The van der Waals surface area contributed by atoms with Gasteiger partial charge in [-0.1, -0.05) is 78.1 Å². The third-order valence-corrected chi connectivity index (χ3v) is 5.28. The van der Waals surface area contributed by atoms with Crippen LogP contribution in [0.4, 0.5) is 0 Å². The highest BCUT2D eigenvalue weighted by Crippen LogP contribution is 2.34. The van der Waals surface area contributed by atoms with E-state index in [0.717, 1.165) is 16.9 Å². The SMILES string of the molecule is C=CCN1C(=O)/C(=C\c2ccccc2OCc2ccc(C)cc2)SC1=S. The van der Waals surface area contributed by atoms with Gasteiger partial charge in [0.1, 0.15) is 16.7 Å². The third-order valence-electron chi connectivity index (χ3n) is 3.91. The average Bonchev–Trinajstić information content (AvgIpc) is 2.90. The minimum Gasteiger partial charge on any atom is -0.488 e. The van der Waals surface area contributed by atoms with E-state index in [9.17, 15) is 4.79 Å². The number of amides is 1. The van der Waals surface area contributed by atoms with Crippen LogP contribution in [0.2, 0.25) is 0 Å². The molecule has 0 atom stereocenters. The minimum atomic E-state index is -0.0896. The molecular formula is C21H19NO2S2. The number of carbonyl (C=O) groups excluding carboxylic acids is 1. The summed E-state index contributed by atoms with van der Waals surface area (Å²) in [7, 11) is 0. The third kappa shape index (κ3) is 4.23. The first-order valence-corrected chi connectivity index (χ1v) is 9.44. The standard InChI is InChI=1S/C21H19NO2S2/c1-3-12-22-20(23)19(26-21(22)25)13-17-6-4-5-7-18(17)24-14-16-10-8-15(2)9-11-16/h3-11,13H,1,12,14H2,2H3/b19-13+. The van der Waals surface area contributed by atoms with Crippen LogP contribution in [-0.4, -0.2) is 21.7 Å². The molecule has 3 nitrogen and oxygen atoms in total. The van der Waals surface area contributed by atoms with Crippen LogP contribution in [0.3, 0.4) is 0 Å². The van der Waals surface area contributed by atoms with Crippen molar-refractivity contribution in [1.29, 1.82) is 0 Å². The van der Waals surface area contributed by atoms with Crippen LogP contribution in [0.5, 0.6) is 5.75 Å². The lowest BCUT2D eigenvalue weighted by molar-refractivity contribution is -0.121. The zero-order valence-electron chi connectivity index (χ0n) is 14.5. The van der Waals surface area contributed by atoms with Gasteiger partial charge >= 0.3 is 0 Å². The summed E-state index contributed by atoms with van der Waals surface area (Å²) in [6, 6.07) is 15.9. The predicted molar refractivity (Wildman–Crippen MR) is 112 cm³/mol. The van der Waals surface area contributed by atoms with Crippen LogP contribution in [0.15, 0.2) is 66.1 Å². The van der Waals surface area contributed by atoms with E-state index < -0.39 is 0 Å². The maximum atomic E-state index is 12.5. The molecule has 1 fully saturated rings. The number of benzene rings is 2. The number of thioether (sulfide) groups is 1. The largest absolute Gasteiger partial charge is 0.488 e. The molecule has 1 heterocycles. The Morgan fingerprint density at radius 1 is 1.19 bits per heavy atom. The smallest absolute Gasteiger partial charge is 0.266 e. The fourth-order valence-electron chi connectivity index (χ4n) is 2.50. The van der Waals surface area contributed by atoms with E-state index >= 15 is 0 Å². The summed E-state index contributed by atoms with van der Waals surface area (Å²) < 4.78 is 6.54. The lowest BCUT2D eigenvalue weighted by Crippen LogP contribution is -2.27. The predicted octanol–water partition coefficient (Wildman–Crippen LogP) is 4.96. The number of carbonyl (C=O) groups is 1. The monoisotopic (exact) mass is 381 g/mol. The minimum absolute atomic E-state index is 0.0896. The van der Waals surface area contributed by atoms with Crippen molar-refractivity contribution in [2.45, 2.75) is 13.5 Å². The Hall–Kier alpha value is -2.37. The maximum Gasteiger partial charge on any atom is 0.266 e. The molecular weight excluding hydrogens is 362 g/mol. The molecule has 5 heteroatoms.